The topological polar surface area (TPSA) is 30.8 Å². The van der Waals surface area contributed by atoms with Crippen LogP contribution in [0.5, 0.6) is 0 Å². The molecule has 0 unspecified atom stereocenters. The van der Waals surface area contributed by atoms with Crippen molar-refractivity contribution in [3.8, 4) is 0 Å². The monoisotopic (exact) mass is 299 g/mol. The molecule has 1 aromatic rings. The van der Waals surface area contributed by atoms with Crippen LogP contribution in [-0.2, 0) is 9.31 Å². The fourth-order valence-electron chi connectivity index (χ4n) is 2.96. The number of nitrogens with zero attached hydrogens (tertiary/aromatic N) is 1. The van der Waals surface area contributed by atoms with Crippen LogP contribution in [0.4, 0.5) is 0 Å². The van der Waals surface area contributed by atoms with E-state index in [1.807, 2.05) is 6.21 Å². The quantitative estimate of drug-likeness (QED) is 0.633. The third-order valence-corrected chi connectivity index (χ3v) is 5.22. The average Bonchev–Trinajstić information content (AvgIpc) is 3.04. The van der Waals surface area contributed by atoms with Gasteiger partial charge < -0.3 is 9.31 Å². The molecule has 1 saturated carbocycles. The van der Waals surface area contributed by atoms with Gasteiger partial charge in [0.2, 0.25) is 0 Å². The molecule has 1 aliphatic carbocycles. The Kier molecular flexibility index (Phi) is 4.17. The highest BCUT2D eigenvalue weighted by Crippen LogP contribution is 2.36. The van der Waals surface area contributed by atoms with Crippen molar-refractivity contribution in [2.45, 2.75) is 70.6 Å². The molecule has 4 heteroatoms. The first kappa shape index (κ1) is 15.8. The highest BCUT2D eigenvalue weighted by Gasteiger charge is 2.51. The van der Waals surface area contributed by atoms with Gasteiger partial charge in [0.05, 0.1) is 11.2 Å². The largest absolute Gasteiger partial charge is 0.494 e. The van der Waals surface area contributed by atoms with Crippen LogP contribution in [0.25, 0.3) is 0 Å². The highest BCUT2D eigenvalue weighted by atomic mass is 16.7. The van der Waals surface area contributed by atoms with Crippen LogP contribution in [-0.4, -0.2) is 30.6 Å². The molecular weight excluding hydrogens is 273 g/mol. The van der Waals surface area contributed by atoms with Gasteiger partial charge in [0.15, 0.2) is 0 Å². The van der Waals surface area contributed by atoms with Crippen molar-refractivity contribution in [1.82, 2.24) is 0 Å². The molecule has 22 heavy (non-hydrogen) atoms. The van der Waals surface area contributed by atoms with E-state index in [-0.39, 0.29) is 18.3 Å². The maximum absolute atomic E-state index is 6.08. The number of aliphatic imine (C=N–C) groups is 1. The van der Waals surface area contributed by atoms with Crippen molar-refractivity contribution in [2.75, 3.05) is 0 Å². The minimum absolute atomic E-state index is 0.286. The molecule has 0 bridgehead atoms. The zero-order valence-electron chi connectivity index (χ0n) is 14.1. The Balaban J connectivity index is 1.67. The van der Waals surface area contributed by atoms with Gasteiger partial charge in [-0.15, -0.1) is 0 Å². The van der Waals surface area contributed by atoms with E-state index in [4.69, 9.17) is 9.31 Å². The lowest BCUT2D eigenvalue weighted by atomic mass is 9.79. The second-order valence-electron chi connectivity index (χ2n) is 7.47. The van der Waals surface area contributed by atoms with Gasteiger partial charge >= 0.3 is 7.12 Å². The molecule has 2 fully saturated rings. The Morgan fingerprint density at radius 2 is 1.55 bits per heavy atom. The summed E-state index contributed by atoms with van der Waals surface area (Å²) in [4.78, 5) is 4.68. The Labute approximate surface area is 134 Å². The smallest absolute Gasteiger partial charge is 0.399 e. The molecule has 0 atom stereocenters. The summed E-state index contributed by atoms with van der Waals surface area (Å²) in [5.41, 5.74) is 1.63. The van der Waals surface area contributed by atoms with E-state index in [1.165, 1.54) is 25.7 Å². The maximum Gasteiger partial charge on any atom is 0.494 e. The van der Waals surface area contributed by atoms with Crippen molar-refractivity contribution < 1.29 is 9.31 Å². The second kappa shape index (κ2) is 5.82. The molecule has 0 N–H and O–H groups in total. The Morgan fingerprint density at radius 1 is 1.00 bits per heavy atom. The van der Waals surface area contributed by atoms with E-state index in [1.54, 1.807) is 0 Å². The predicted octanol–water partition coefficient (Wildman–Crippen LogP) is 3.35. The molecule has 1 aromatic carbocycles. The highest BCUT2D eigenvalue weighted by molar-refractivity contribution is 6.62. The van der Waals surface area contributed by atoms with E-state index in [0.29, 0.717) is 6.04 Å². The molecule has 0 radical (unpaired) electrons. The van der Waals surface area contributed by atoms with Crippen LogP contribution in [0.3, 0.4) is 0 Å². The molecule has 1 heterocycles. The normalized spacial score (nSPS) is 24.5. The third-order valence-electron chi connectivity index (χ3n) is 5.22. The van der Waals surface area contributed by atoms with E-state index >= 15 is 0 Å². The Hall–Kier alpha value is -1.13. The van der Waals surface area contributed by atoms with Crippen LogP contribution in [0.2, 0.25) is 0 Å². The lowest BCUT2D eigenvalue weighted by Gasteiger charge is -2.32. The van der Waals surface area contributed by atoms with Crippen LogP contribution in [0, 0.1) is 0 Å². The van der Waals surface area contributed by atoms with Crippen molar-refractivity contribution in [3.63, 3.8) is 0 Å². The van der Waals surface area contributed by atoms with Crippen LogP contribution in [0.15, 0.2) is 29.3 Å². The number of rotatable bonds is 3. The predicted molar refractivity (Wildman–Crippen MR) is 92.0 cm³/mol. The van der Waals surface area contributed by atoms with Gasteiger partial charge in [-0.3, -0.25) is 4.99 Å². The fourth-order valence-corrected chi connectivity index (χ4v) is 2.96. The second-order valence-corrected chi connectivity index (χ2v) is 7.47. The Bertz CT molecular complexity index is 529. The van der Waals surface area contributed by atoms with Gasteiger partial charge in [-0.2, -0.15) is 0 Å². The summed E-state index contributed by atoms with van der Waals surface area (Å²) < 4.78 is 12.2. The third kappa shape index (κ3) is 3.13. The minimum atomic E-state index is -0.291. The lowest BCUT2D eigenvalue weighted by molar-refractivity contribution is 0.00578. The summed E-state index contributed by atoms with van der Waals surface area (Å²) in [6.07, 6.45) is 7.13. The molecule has 1 aliphatic heterocycles. The molecule has 3 rings (SSSR count). The summed E-state index contributed by atoms with van der Waals surface area (Å²) in [7, 11) is -0.286. The maximum atomic E-state index is 6.08. The molecule has 3 nitrogen and oxygen atoms in total. The van der Waals surface area contributed by atoms with Gasteiger partial charge in [-0.25, -0.2) is 0 Å². The van der Waals surface area contributed by atoms with Gasteiger partial charge in [-0.1, -0.05) is 37.1 Å². The molecular formula is C18H26BNO2. The van der Waals surface area contributed by atoms with Gasteiger partial charge in [0, 0.05) is 12.3 Å². The fraction of sp³-hybridized carbons (Fsp3) is 0.611. The summed E-state index contributed by atoms with van der Waals surface area (Å²) in [6, 6.07) is 8.89. The number of benzene rings is 1. The van der Waals surface area contributed by atoms with E-state index in [9.17, 15) is 0 Å². The van der Waals surface area contributed by atoms with Gasteiger partial charge in [0.1, 0.15) is 0 Å². The standard InChI is InChI=1S/C18H26BNO2/c1-17(2)18(3,4)22-19(21-17)15-11-9-14(10-12-15)13-20-16-7-5-6-8-16/h9-13,16H,5-8H2,1-4H3. The zero-order valence-corrected chi connectivity index (χ0v) is 14.1. The van der Waals surface area contributed by atoms with Crippen molar-refractivity contribution in [3.05, 3.63) is 29.8 Å². The first-order valence-electron chi connectivity index (χ1n) is 8.36. The summed E-state index contributed by atoms with van der Waals surface area (Å²) in [5.74, 6) is 0. The minimum Gasteiger partial charge on any atom is -0.399 e. The molecule has 0 spiro atoms. The van der Waals surface area contributed by atoms with Crippen LogP contribution in [0.1, 0.15) is 58.9 Å². The van der Waals surface area contributed by atoms with Crippen molar-refractivity contribution in [2.24, 2.45) is 4.99 Å². The van der Waals surface area contributed by atoms with Crippen molar-refractivity contribution >= 4 is 18.8 Å². The molecule has 0 amide bonds. The SMILES string of the molecule is CC1(C)OB(c2ccc(C=NC3CCCC3)cc2)OC1(C)C. The van der Waals surface area contributed by atoms with Crippen LogP contribution >= 0.6 is 0 Å². The molecule has 0 aromatic heterocycles. The lowest BCUT2D eigenvalue weighted by Crippen LogP contribution is -2.41. The summed E-state index contributed by atoms with van der Waals surface area (Å²) in [6.45, 7) is 8.32. The van der Waals surface area contributed by atoms with Crippen molar-refractivity contribution in [1.29, 1.82) is 0 Å². The Morgan fingerprint density at radius 3 is 2.09 bits per heavy atom. The van der Waals surface area contributed by atoms with Gasteiger partial charge in [-0.05, 0) is 51.6 Å². The zero-order chi connectivity index (χ0) is 15.8. The first-order valence-corrected chi connectivity index (χ1v) is 8.36. The molecule has 118 valence electrons. The first-order chi connectivity index (χ1) is 10.4. The van der Waals surface area contributed by atoms with Gasteiger partial charge in [0.25, 0.3) is 0 Å². The van der Waals surface area contributed by atoms with E-state index < -0.39 is 0 Å². The summed E-state index contributed by atoms with van der Waals surface area (Å²) >= 11 is 0. The number of hydrogen-bond acceptors (Lipinski definition) is 3. The van der Waals surface area contributed by atoms with E-state index in [0.717, 1.165) is 11.0 Å². The molecule has 2 aliphatic rings. The van der Waals surface area contributed by atoms with Crippen LogP contribution < -0.4 is 5.46 Å². The van der Waals surface area contributed by atoms with E-state index in [2.05, 4.69) is 57.0 Å². The average molecular weight is 299 g/mol. The molecule has 1 saturated heterocycles. The summed E-state index contributed by atoms with van der Waals surface area (Å²) in [5, 5.41) is 0. The number of hydrogen-bond donors (Lipinski definition) is 0.